The fourth-order valence-corrected chi connectivity index (χ4v) is 3.34. The van der Waals surface area contributed by atoms with E-state index in [1.165, 1.54) is 0 Å². The van der Waals surface area contributed by atoms with E-state index in [4.69, 9.17) is 4.74 Å². The Morgan fingerprint density at radius 3 is 2.62 bits per heavy atom. The van der Waals surface area contributed by atoms with Crippen molar-refractivity contribution in [1.29, 1.82) is 0 Å². The minimum atomic E-state index is -2.99. The van der Waals surface area contributed by atoms with E-state index >= 15 is 0 Å². The van der Waals surface area contributed by atoms with Gasteiger partial charge in [-0.3, -0.25) is 4.79 Å². The molecule has 2 heterocycles. The highest BCUT2D eigenvalue weighted by Crippen LogP contribution is 2.22. The van der Waals surface area contributed by atoms with Crippen LogP contribution in [-0.4, -0.2) is 56.0 Å². The third kappa shape index (κ3) is 2.08. The van der Waals surface area contributed by atoms with E-state index < -0.39 is 9.84 Å². The molecular formula is C10H17NO4S. The van der Waals surface area contributed by atoms with Crippen LogP contribution >= 0.6 is 0 Å². The highest BCUT2D eigenvalue weighted by molar-refractivity contribution is 7.92. The first-order chi connectivity index (χ1) is 7.54. The van der Waals surface area contributed by atoms with Crippen LogP contribution in [0.4, 0.5) is 0 Å². The number of amides is 1. The van der Waals surface area contributed by atoms with Crippen molar-refractivity contribution >= 4 is 15.7 Å². The molecule has 2 aliphatic rings. The first-order valence-electron chi connectivity index (χ1n) is 5.66. The van der Waals surface area contributed by atoms with Crippen molar-refractivity contribution < 1.29 is 17.9 Å². The summed E-state index contributed by atoms with van der Waals surface area (Å²) in [4.78, 5) is 13.4. The summed E-state index contributed by atoms with van der Waals surface area (Å²) in [6.07, 6.45) is 1.35. The van der Waals surface area contributed by atoms with E-state index in [1.54, 1.807) is 11.8 Å². The number of nitrogens with zero attached hydrogens (tertiary/aromatic N) is 1. The maximum absolute atomic E-state index is 11.8. The van der Waals surface area contributed by atoms with Gasteiger partial charge in [-0.15, -0.1) is 0 Å². The Morgan fingerprint density at radius 1 is 1.44 bits per heavy atom. The highest BCUT2D eigenvalue weighted by atomic mass is 32.2. The Hall–Kier alpha value is -0.620. The fourth-order valence-electron chi connectivity index (χ4n) is 2.06. The van der Waals surface area contributed by atoms with Crippen molar-refractivity contribution in [2.45, 2.75) is 31.1 Å². The second-order valence-corrected chi connectivity index (χ2v) is 6.89. The molecule has 6 heteroatoms. The molecule has 0 saturated carbocycles. The molecule has 0 aromatic rings. The van der Waals surface area contributed by atoms with Crippen LogP contribution in [0.1, 0.15) is 19.8 Å². The van der Waals surface area contributed by atoms with Crippen LogP contribution in [0.25, 0.3) is 0 Å². The lowest BCUT2D eigenvalue weighted by atomic mass is 10.1. The summed E-state index contributed by atoms with van der Waals surface area (Å²) < 4.78 is 28.3. The minimum Gasteiger partial charge on any atom is -0.368 e. The molecule has 5 nitrogen and oxygen atoms in total. The van der Waals surface area contributed by atoms with Gasteiger partial charge in [0.2, 0.25) is 0 Å². The Kier molecular flexibility index (Phi) is 3.21. The summed E-state index contributed by atoms with van der Waals surface area (Å²) in [5, 5.41) is -0.358. The first kappa shape index (κ1) is 11.9. The topological polar surface area (TPSA) is 63.7 Å². The number of hydrogen-bond donors (Lipinski definition) is 0. The van der Waals surface area contributed by atoms with Gasteiger partial charge in [0, 0.05) is 25.4 Å². The Labute approximate surface area is 95.7 Å². The Balaban J connectivity index is 1.86. The van der Waals surface area contributed by atoms with Crippen molar-refractivity contribution in [2.24, 2.45) is 0 Å². The lowest BCUT2D eigenvalue weighted by Crippen LogP contribution is -2.59. The fraction of sp³-hybridized carbons (Fsp3) is 0.900. The van der Waals surface area contributed by atoms with Gasteiger partial charge in [-0.25, -0.2) is 8.42 Å². The lowest BCUT2D eigenvalue weighted by Gasteiger charge is -2.39. The van der Waals surface area contributed by atoms with E-state index in [1.807, 2.05) is 0 Å². The second kappa shape index (κ2) is 4.33. The molecule has 0 aliphatic carbocycles. The molecule has 0 bridgehead atoms. The van der Waals surface area contributed by atoms with Gasteiger partial charge in [0.05, 0.1) is 5.25 Å². The molecule has 2 fully saturated rings. The van der Waals surface area contributed by atoms with Crippen LogP contribution in [0.5, 0.6) is 0 Å². The molecule has 2 rings (SSSR count). The van der Waals surface area contributed by atoms with Gasteiger partial charge in [0.1, 0.15) is 6.10 Å². The third-order valence-electron chi connectivity index (χ3n) is 3.28. The monoisotopic (exact) mass is 247 g/mol. The van der Waals surface area contributed by atoms with E-state index in [0.717, 1.165) is 12.8 Å². The molecule has 92 valence electrons. The zero-order chi connectivity index (χ0) is 11.8. The summed E-state index contributed by atoms with van der Waals surface area (Å²) in [7, 11) is -2.99. The minimum absolute atomic E-state index is 0.0416. The molecule has 0 N–H and O–H groups in total. The summed E-state index contributed by atoms with van der Waals surface area (Å²) in [5.41, 5.74) is 0. The summed E-state index contributed by atoms with van der Waals surface area (Å²) in [6.45, 7) is 2.96. The molecule has 2 aliphatic heterocycles. The Morgan fingerprint density at radius 2 is 2.12 bits per heavy atom. The van der Waals surface area contributed by atoms with Crippen LogP contribution in [0.2, 0.25) is 0 Å². The van der Waals surface area contributed by atoms with Gasteiger partial charge < -0.3 is 9.64 Å². The average molecular weight is 247 g/mol. The number of carbonyl (C=O) groups excluding carboxylic acids is 1. The van der Waals surface area contributed by atoms with Crippen LogP contribution < -0.4 is 0 Å². The van der Waals surface area contributed by atoms with Crippen LogP contribution in [0.15, 0.2) is 0 Å². The van der Waals surface area contributed by atoms with Gasteiger partial charge in [0.15, 0.2) is 9.84 Å². The smallest absolute Gasteiger partial charge is 0.251 e. The van der Waals surface area contributed by atoms with E-state index in [2.05, 4.69) is 0 Å². The summed E-state index contributed by atoms with van der Waals surface area (Å²) in [6, 6.07) is 0. The Bertz CT molecular complexity index is 366. The molecule has 1 unspecified atom stereocenters. The largest absolute Gasteiger partial charge is 0.368 e. The van der Waals surface area contributed by atoms with E-state index in [-0.39, 0.29) is 23.0 Å². The quantitative estimate of drug-likeness (QED) is 0.693. The number of likely N-dealkylation sites (tertiary alicyclic amines) is 1. The highest BCUT2D eigenvalue weighted by Gasteiger charge is 2.41. The maximum atomic E-state index is 11.8. The number of hydrogen-bond acceptors (Lipinski definition) is 4. The van der Waals surface area contributed by atoms with Crippen molar-refractivity contribution in [3.8, 4) is 0 Å². The number of rotatable bonds is 3. The van der Waals surface area contributed by atoms with Gasteiger partial charge in [-0.2, -0.15) is 0 Å². The molecule has 0 radical (unpaired) electrons. The van der Waals surface area contributed by atoms with Gasteiger partial charge in [0.25, 0.3) is 5.91 Å². The summed E-state index contributed by atoms with van der Waals surface area (Å²) >= 11 is 0. The van der Waals surface area contributed by atoms with E-state index in [9.17, 15) is 13.2 Å². The molecule has 1 atom stereocenters. The standard InChI is InChI=1S/C10H17NO4S/c1-2-16(13,14)8-6-11(7-8)10(12)9-4-3-5-15-9/h8-9H,2-7H2,1H3. The SMILES string of the molecule is CCS(=O)(=O)C1CN(C(=O)C2CCCO2)C1. The van der Waals surface area contributed by atoms with Crippen molar-refractivity contribution in [3.63, 3.8) is 0 Å². The normalized spacial score (nSPS) is 26.8. The average Bonchev–Trinajstić information content (AvgIpc) is 2.67. The van der Waals surface area contributed by atoms with Crippen LogP contribution in [-0.2, 0) is 19.4 Å². The molecular weight excluding hydrogens is 230 g/mol. The second-order valence-electron chi connectivity index (χ2n) is 4.32. The van der Waals surface area contributed by atoms with Crippen molar-refractivity contribution in [2.75, 3.05) is 25.4 Å². The van der Waals surface area contributed by atoms with Crippen molar-refractivity contribution in [3.05, 3.63) is 0 Å². The van der Waals surface area contributed by atoms with Gasteiger partial charge >= 0.3 is 0 Å². The molecule has 1 amide bonds. The lowest BCUT2D eigenvalue weighted by molar-refractivity contribution is -0.144. The third-order valence-corrected chi connectivity index (χ3v) is 5.39. The van der Waals surface area contributed by atoms with Crippen LogP contribution in [0, 0.1) is 0 Å². The van der Waals surface area contributed by atoms with Crippen LogP contribution in [0.3, 0.4) is 0 Å². The van der Waals surface area contributed by atoms with E-state index in [0.29, 0.717) is 19.7 Å². The molecule has 2 saturated heterocycles. The van der Waals surface area contributed by atoms with Gasteiger partial charge in [-0.1, -0.05) is 6.92 Å². The molecule has 0 spiro atoms. The first-order valence-corrected chi connectivity index (χ1v) is 7.38. The maximum Gasteiger partial charge on any atom is 0.251 e. The zero-order valence-electron chi connectivity index (χ0n) is 9.39. The van der Waals surface area contributed by atoms with Gasteiger partial charge in [-0.05, 0) is 12.8 Å². The predicted molar refractivity (Wildman–Crippen MR) is 58.8 cm³/mol. The zero-order valence-corrected chi connectivity index (χ0v) is 10.2. The summed E-state index contributed by atoms with van der Waals surface area (Å²) in [5.74, 6) is 0.111. The van der Waals surface area contributed by atoms with Crippen molar-refractivity contribution in [1.82, 2.24) is 4.90 Å². The molecule has 16 heavy (non-hydrogen) atoms. The number of sulfone groups is 1. The molecule has 0 aromatic carbocycles. The number of ether oxygens (including phenoxy) is 1. The molecule has 0 aromatic heterocycles. The number of carbonyl (C=O) groups is 1. The predicted octanol–water partition coefficient (Wildman–Crippen LogP) is -0.189.